The van der Waals surface area contributed by atoms with Gasteiger partial charge in [-0.05, 0) is 43.1 Å². The van der Waals surface area contributed by atoms with Gasteiger partial charge >= 0.3 is 19.8 Å². The number of ether oxygens (including phenoxy) is 2. The maximum Gasteiger partial charge on any atom is 0.469 e. The van der Waals surface area contributed by atoms with Crippen LogP contribution in [0.3, 0.4) is 0 Å². The lowest BCUT2D eigenvalue weighted by molar-refractivity contribution is -0.181. The quantitative estimate of drug-likeness (QED) is 0.356. The molecule has 2 unspecified atom stereocenters. The minimum atomic E-state index is -4.70. The summed E-state index contributed by atoms with van der Waals surface area (Å²) in [5.74, 6) is -0.875. The van der Waals surface area contributed by atoms with Crippen LogP contribution in [0.25, 0.3) is 0 Å². The molecule has 0 spiro atoms. The minimum Gasteiger partial charge on any atom is -0.462 e. The van der Waals surface area contributed by atoms with Crippen molar-refractivity contribution in [1.29, 1.82) is 0 Å². The van der Waals surface area contributed by atoms with Crippen molar-refractivity contribution < 1.29 is 37.9 Å². The first-order valence-electron chi connectivity index (χ1n) is 10.5. The monoisotopic (exact) mass is 454 g/mol. The lowest BCUT2D eigenvalue weighted by Gasteiger charge is -2.60. The highest BCUT2D eigenvalue weighted by Gasteiger charge is 2.59. The van der Waals surface area contributed by atoms with Crippen molar-refractivity contribution in [2.24, 2.45) is 22.7 Å². The Hall–Kier alpha value is -1.73. The summed E-state index contributed by atoms with van der Waals surface area (Å²) in [6, 6.07) is 0. The fourth-order valence-corrected chi connectivity index (χ4v) is 6.23. The van der Waals surface area contributed by atoms with Gasteiger partial charge in [0.2, 0.25) is 0 Å². The summed E-state index contributed by atoms with van der Waals surface area (Å²) in [5.41, 5.74) is 0.460. The summed E-state index contributed by atoms with van der Waals surface area (Å²) in [7, 11) is -4.70. The Morgan fingerprint density at radius 2 is 2.10 bits per heavy atom. The van der Waals surface area contributed by atoms with E-state index in [2.05, 4.69) is 13.5 Å². The highest BCUT2D eigenvalue weighted by molar-refractivity contribution is 7.46. The Morgan fingerprint density at radius 3 is 2.68 bits per heavy atom. The highest BCUT2D eigenvalue weighted by Crippen LogP contribution is 2.62. The lowest BCUT2D eigenvalue weighted by atomic mass is 9.46. The molecule has 9 heteroatoms. The van der Waals surface area contributed by atoms with Crippen LogP contribution in [-0.2, 0) is 28.2 Å². The van der Waals surface area contributed by atoms with Gasteiger partial charge in [-0.2, -0.15) is 0 Å². The van der Waals surface area contributed by atoms with Crippen molar-refractivity contribution in [2.45, 2.75) is 52.6 Å². The second-order valence-electron chi connectivity index (χ2n) is 9.26. The molecule has 1 aliphatic heterocycles. The summed E-state index contributed by atoms with van der Waals surface area (Å²) in [4.78, 5) is 42.2. The lowest BCUT2D eigenvalue weighted by Crippen LogP contribution is -2.58. The van der Waals surface area contributed by atoms with Gasteiger partial charge in [0.1, 0.15) is 12.7 Å². The number of rotatable bonds is 6. The summed E-state index contributed by atoms with van der Waals surface area (Å²) in [6.07, 6.45) is 7.72. The van der Waals surface area contributed by atoms with Gasteiger partial charge in [-0.3, -0.25) is 9.32 Å². The maximum atomic E-state index is 11.8. The molecule has 5 atom stereocenters. The number of phosphoric ester groups is 1. The van der Waals surface area contributed by atoms with E-state index in [1.165, 1.54) is 6.92 Å². The van der Waals surface area contributed by atoms with Gasteiger partial charge in [0.25, 0.3) is 0 Å². The fourth-order valence-electron chi connectivity index (χ4n) is 5.78. The first-order valence-corrected chi connectivity index (χ1v) is 12.0. The number of esters is 2. The Bertz CT molecular complexity index is 871. The summed E-state index contributed by atoms with van der Waals surface area (Å²) in [6.45, 7) is 9.66. The van der Waals surface area contributed by atoms with Crippen LogP contribution in [0, 0.1) is 22.7 Å². The molecule has 0 aromatic rings. The Kier molecular flexibility index (Phi) is 6.68. The first kappa shape index (κ1) is 23.9. The predicted octanol–water partition coefficient (Wildman–Crippen LogP) is 3.46. The zero-order chi connectivity index (χ0) is 23.0. The molecule has 0 bridgehead atoms. The van der Waals surface area contributed by atoms with E-state index in [-0.39, 0.29) is 36.4 Å². The SMILES string of the molecule is C=C1CCC2[C@](C)(CC[C@@H](OC(C)=O)[C@@]2(C)COP(=O)(O)O)C1/C=C/C1=CCOC1=O. The van der Waals surface area contributed by atoms with Crippen LogP contribution in [0.1, 0.15) is 46.5 Å². The molecule has 0 aromatic carbocycles. The Balaban J connectivity index is 1.95. The van der Waals surface area contributed by atoms with E-state index >= 15 is 0 Å². The molecule has 2 N–H and O–H groups in total. The van der Waals surface area contributed by atoms with Gasteiger partial charge in [0.15, 0.2) is 0 Å². The molecule has 2 saturated carbocycles. The molecule has 31 heavy (non-hydrogen) atoms. The van der Waals surface area contributed by atoms with Crippen molar-refractivity contribution in [1.82, 2.24) is 0 Å². The van der Waals surface area contributed by atoms with E-state index in [0.29, 0.717) is 12.0 Å². The zero-order valence-corrected chi connectivity index (χ0v) is 19.1. The predicted molar refractivity (Wildman–Crippen MR) is 113 cm³/mol. The molecule has 0 aromatic heterocycles. The summed E-state index contributed by atoms with van der Waals surface area (Å²) < 4.78 is 27.0. The third kappa shape index (κ3) is 4.87. The molecule has 0 amide bonds. The molecule has 0 radical (unpaired) electrons. The molecule has 172 valence electrons. The number of hydrogen-bond donors (Lipinski definition) is 2. The van der Waals surface area contributed by atoms with E-state index < -0.39 is 25.3 Å². The van der Waals surface area contributed by atoms with Crippen LogP contribution >= 0.6 is 7.82 Å². The van der Waals surface area contributed by atoms with Gasteiger partial charge in [-0.25, -0.2) is 9.36 Å². The summed E-state index contributed by atoms with van der Waals surface area (Å²) >= 11 is 0. The number of allylic oxidation sites excluding steroid dienone is 2. The standard InChI is InChI=1S/C22H31O8P/c1-14-5-8-18-21(3,17(14)7-6-16-10-12-28-20(16)24)11-9-19(30-15(2)23)22(18,4)13-29-31(25,26)27/h6-7,10,17-19H,1,5,8-9,11-13H2,2-4H3,(H2,25,26,27)/b7-6+/t17?,18?,19-,21-,22+/m1/s1. The number of carbonyl (C=O) groups is 2. The van der Waals surface area contributed by atoms with Gasteiger partial charge in [-0.15, -0.1) is 0 Å². The molecule has 3 aliphatic rings. The maximum absolute atomic E-state index is 11.8. The van der Waals surface area contributed by atoms with Crippen LogP contribution in [0.4, 0.5) is 0 Å². The van der Waals surface area contributed by atoms with Crippen LogP contribution in [0.15, 0.2) is 36.0 Å². The fraction of sp³-hybridized carbons (Fsp3) is 0.636. The molecule has 2 aliphatic carbocycles. The molecule has 0 saturated heterocycles. The van der Waals surface area contributed by atoms with E-state index in [9.17, 15) is 23.9 Å². The largest absolute Gasteiger partial charge is 0.469 e. The number of carbonyl (C=O) groups excluding carboxylic acids is 2. The second kappa shape index (κ2) is 8.66. The Morgan fingerprint density at radius 1 is 1.39 bits per heavy atom. The third-order valence-corrected chi connectivity index (χ3v) is 7.72. The smallest absolute Gasteiger partial charge is 0.462 e. The van der Waals surface area contributed by atoms with Gasteiger partial charge in [-0.1, -0.05) is 38.2 Å². The molecule has 1 heterocycles. The van der Waals surface area contributed by atoms with Crippen molar-refractivity contribution in [2.75, 3.05) is 13.2 Å². The molecular weight excluding hydrogens is 423 g/mol. The van der Waals surface area contributed by atoms with Crippen LogP contribution < -0.4 is 0 Å². The van der Waals surface area contributed by atoms with E-state index in [1.807, 2.05) is 13.0 Å². The van der Waals surface area contributed by atoms with E-state index in [4.69, 9.17) is 14.0 Å². The number of hydrogen-bond acceptors (Lipinski definition) is 6. The van der Waals surface area contributed by atoms with Crippen LogP contribution in [0.5, 0.6) is 0 Å². The highest BCUT2D eigenvalue weighted by atomic mass is 31.2. The van der Waals surface area contributed by atoms with Crippen molar-refractivity contribution in [3.05, 3.63) is 36.0 Å². The van der Waals surface area contributed by atoms with Crippen molar-refractivity contribution in [3.63, 3.8) is 0 Å². The van der Waals surface area contributed by atoms with Gasteiger partial charge in [0.05, 0.1) is 12.2 Å². The molecule has 8 nitrogen and oxygen atoms in total. The molecule has 2 fully saturated rings. The third-order valence-electron chi connectivity index (χ3n) is 7.25. The number of phosphoric acid groups is 1. The first-order chi connectivity index (χ1) is 14.4. The van der Waals surface area contributed by atoms with E-state index in [0.717, 1.165) is 24.8 Å². The van der Waals surface area contributed by atoms with Gasteiger partial charge in [0, 0.05) is 18.3 Å². The molecule has 3 rings (SSSR count). The van der Waals surface area contributed by atoms with Crippen LogP contribution in [0.2, 0.25) is 0 Å². The van der Waals surface area contributed by atoms with Crippen molar-refractivity contribution in [3.8, 4) is 0 Å². The number of cyclic esters (lactones) is 1. The van der Waals surface area contributed by atoms with Crippen molar-refractivity contribution >= 4 is 19.8 Å². The Labute approximate surface area is 182 Å². The number of fused-ring (bicyclic) bond motifs is 1. The topological polar surface area (TPSA) is 119 Å². The average molecular weight is 454 g/mol. The molecular formula is C22H31O8P. The minimum absolute atomic E-state index is 0.0469. The average Bonchev–Trinajstić information content (AvgIpc) is 3.06. The van der Waals surface area contributed by atoms with E-state index in [1.54, 1.807) is 12.2 Å². The second-order valence-corrected chi connectivity index (χ2v) is 10.5. The van der Waals surface area contributed by atoms with Gasteiger partial charge < -0.3 is 19.3 Å². The van der Waals surface area contributed by atoms with Crippen LogP contribution in [-0.4, -0.2) is 41.0 Å². The normalized spacial score (nSPS) is 36.2. The summed E-state index contributed by atoms with van der Waals surface area (Å²) in [5, 5.41) is 0. The zero-order valence-electron chi connectivity index (χ0n) is 18.2.